The summed E-state index contributed by atoms with van der Waals surface area (Å²) >= 11 is 0. The molecule has 1 fully saturated rings. The van der Waals surface area contributed by atoms with E-state index in [0.717, 1.165) is 19.4 Å². The Labute approximate surface area is 140 Å². The van der Waals surface area contributed by atoms with Gasteiger partial charge in [0.05, 0.1) is 0 Å². The lowest BCUT2D eigenvalue weighted by molar-refractivity contribution is -0.125. The molecule has 0 aliphatic heterocycles. The number of hydrogen-bond acceptors (Lipinski definition) is 2. The summed E-state index contributed by atoms with van der Waals surface area (Å²) in [4.78, 5) is 12.2. The van der Waals surface area contributed by atoms with Crippen molar-refractivity contribution in [2.24, 2.45) is 11.7 Å². The minimum absolute atomic E-state index is 0. The monoisotopic (exact) mass is 324 g/mol. The number of benzene rings is 1. The van der Waals surface area contributed by atoms with E-state index in [0.29, 0.717) is 0 Å². The number of carbonyl (C=O) groups excluding carboxylic acids is 1. The Morgan fingerprint density at radius 2 is 1.95 bits per heavy atom. The van der Waals surface area contributed by atoms with Gasteiger partial charge in [0.25, 0.3) is 0 Å². The molecule has 124 valence electrons. The summed E-state index contributed by atoms with van der Waals surface area (Å²) in [5.41, 5.74) is 8.59. The number of aryl methyl sites for hydroxylation is 1. The molecule has 2 atom stereocenters. The van der Waals surface area contributed by atoms with Crippen LogP contribution in [0.2, 0.25) is 0 Å². The number of hydrogen-bond donors (Lipinski definition) is 2. The van der Waals surface area contributed by atoms with E-state index in [4.69, 9.17) is 5.73 Å². The molecular formula is C18H29ClN2O. The van der Waals surface area contributed by atoms with Crippen molar-refractivity contribution in [1.29, 1.82) is 0 Å². The van der Waals surface area contributed by atoms with Gasteiger partial charge in [0.2, 0.25) is 5.91 Å². The van der Waals surface area contributed by atoms with Gasteiger partial charge >= 0.3 is 0 Å². The van der Waals surface area contributed by atoms with E-state index in [2.05, 4.69) is 36.5 Å². The van der Waals surface area contributed by atoms with Crippen LogP contribution in [0.5, 0.6) is 0 Å². The highest BCUT2D eigenvalue weighted by molar-refractivity contribution is 5.85. The third-order valence-electron chi connectivity index (χ3n) is 4.99. The van der Waals surface area contributed by atoms with Crippen LogP contribution >= 0.6 is 12.4 Å². The molecule has 1 aromatic rings. The molecule has 0 spiro atoms. The highest BCUT2D eigenvalue weighted by Crippen LogP contribution is 2.40. The largest absolute Gasteiger partial charge is 0.355 e. The first-order valence-electron chi connectivity index (χ1n) is 8.05. The fraction of sp³-hybridized carbons (Fsp3) is 0.611. The SMILES string of the molecule is Cc1cccc(C2(CNC(=O)C(C)C(C)N)CCCC2)c1.Cl. The number of amides is 1. The van der Waals surface area contributed by atoms with E-state index in [-0.39, 0.29) is 35.7 Å². The Morgan fingerprint density at radius 1 is 1.32 bits per heavy atom. The van der Waals surface area contributed by atoms with E-state index >= 15 is 0 Å². The Morgan fingerprint density at radius 3 is 2.50 bits per heavy atom. The maximum atomic E-state index is 12.2. The molecule has 4 heteroatoms. The van der Waals surface area contributed by atoms with Crippen molar-refractivity contribution in [3.05, 3.63) is 35.4 Å². The Bertz CT molecular complexity index is 496. The second-order valence-corrected chi connectivity index (χ2v) is 6.72. The van der Waals surface area contributed by atoms with E-state index in [1.54, 1.807) is 0 Å². The van der Waals surface area contributed by atoms with Gasteiger partial charge in [-0.2, -0.15) is 0 Å². The van der Waals surface area contributed by atoms with Crippen LogP contribution < -0.4 is 11.1 Å². The quantitative estimate of drug-likeness (QED) is 0.873. The molecule has 1 aromatic carbocycles. The van der Waals surface area contributed by atoms with Crippen LogP contribution in [0.25, 0.3) is 0 Å². The van der Waals surface area contributed by atoms with Crippen LogP contribution in [-0.4, -0.2) is 18.5 Å². The summed E-state index contributed by atoms with van der Waals surface area (Å²) in [6, 6.07) is 8.62. The van der Waals surface area contributed by atoms with Crippen molar-refractivity contribution in [1.82, 2.24) is 5.32 Å². The zero-order valence-corrected chi connectivity index (χ0v) is 14.7. The van der Waals surface area contributed by atoms with Crippen molar-refractivity contribution >= 4 is 18.3 Å². The topological polar surface area (TPSA) is 55.1 Å². The Kier molecular flexibility index (Phi) is 6.89. The van der Waals surface area contributed by atoms with Crippen LogP contribution in [0.15, 0.2) is 24.3 Å². The standard InChI is InChI=1S/C18H28N2O.ClH/c1-13-7-6-8-16(11-13)18(9-4-5-10-18)12-20-17(21)14(2)15(3)19;/h6-8,11,14-15H,4-5,9-10,12,19H2,1-3H3,(H,20,21);1H. The molecule has 1 aliphatic carbocycles. The summed E-state index contributed by atoms with van der Waals surface area (Å²) in [5.74, 6) is -0.0649. The summed E-state index contributed by atoms with van der Waals surface area (Å²) < 4.78 is 0. The minimum atomic E-state index is -0.138. The molecule has 22 heavy (non-hydrogen) atoms. The van der Waals surface area contributed by atoms with Gasteiger partial charge in [0.15, 0.2) is 0 Å². The molecule has 0 saturated heterocycles. The average molecular weight is 325 g/mol. The van der Waals surface area contributed by atoms with E-state index < -0.39 is 0 Å². The Hall–Kier alpha value is -1.06. The van der Waals surface area contributed by atoms with Gasteiger partial charge in [-0.1, -0.05) is 49.6 Å². The fourth-order valence-electron chi connectivity index (χ4n) is 3.25. The van der Waals surface area contributed by atoms with Gasteiger partial charge in [-0.15, -0.1) is 12.4 Å². The molecule has 2 unspecified atom stereocenters. The number of carbonyl (C=O) groups is 1. The lowest BCUT2D eigenvalue weighted by Gasteiger charge is -2.31. The number of nitrogens with one attached hydrogen (secondary N) is 1. The summed E-state index contributed by atoms with van der Waals surface area (Å²) in [6.07, 6.45) is 4.80. The van der Waals surface area contributed by atoms with Gasteiger partial charge < -0.3 is 11.1 Å². The minimum Gasteiger partial charge on any atom is -0.355 e. The predicted molar refractivity (Wildman–Crippen MR) is 94.4 cm³/mol. The maximum absolute atomic E-state index is 12.2. The molecule has 1 amide bonds. The first-order valence-corrected chi connectivity index (χ1v) is 8.05. The molecule has 2 rings (SSSR count). The fourth-order valence-corrected chi connectivity index (χ4v) is 3.25. The molecule has 1 aliphatic rings. The summed E-state index contributed by atoms with van der Waals surface area (Å²) in [7, 11) is 0. The smallest absolute Gasteiger partial charge is 0.224 e. The maximum Gasteiger partial charge on any atom is 0.224 e. The predicted octanol–water partition coefficient (Wildman–Crippen LogP) is 3.33. The lowest BCUT2D eigenvalue weighted by atomic mass is 9.78. The zero-order valence-electron chi connectivity index (χ0n) is 13.9. The molecule has 0 bridgehead atoms. The van der Waals surface area contributed by atoms with E-state index in [9.17, 15) is 4.79 Å². The zero-order chi connectivity index (χ0) is 15.5. The molecule has 1 saturated carbocycles. The van der Waals surface area contributed by atoms with Crippen LogP contribution in [-0.2, 0) is 10.2 Å². The van der Waals surface area contributed by atoms with E-state index in [1.165, 1.54) is 24.0 Å². The average Bonchev–Trinajstić information content (AvgIpc) is 2.94. The summed E-state index contributed by atoms with van der Waals surface area (Å²) in [6.45, 7) is 6.64. The molecule has 0 radical (unpaired) electrons. The van der Waals surface area contributed by atoms with Crippen molar-refractivity contribution in [3.8, 4) is 0 Å². The highest BCUT2D eigenvalue weighted by atomic mass is 35.5. The van der Waals surface area contributed by atoms with Crippen molar-refractivity contribution < 1.29 is 4.79 Å². The first kappa shape index (κ1) is 19.0. The van der Waals surface area contributed by atoms with Crippen molar-refractivity contribution in [2.75, 3.05) is 6.54 Å². The van der Waals surface area contributed by atoms with Crippen molar-refractivity contribution in [3.63, 3.8) is 0 Å². The van der Waals surface area contributed by atoms with Crippen LogP contribution in [0.3, 0.4) is 0 Å². The third kappa shape index (κ3) is 4.23. The second kappa shape index (κ2) is 7.98. The van der Waals surface area contributed by atoms with Gasteiger partial charge in [-0.25, -0.2) is 0 Å². The van der Waals surface area contributed by atoms with Crippen LogP contribution in [0.4, 0.5) is 0 Å². The van der Waals surface area contributed by atoms with Gasteiger partial charge in [-0.05, 0) is 32.3 Å². The van der Waals surface area contributed by atoms with Gasteiger partial charge in [0.1, 0.15) is 0 Å². The van der Waals surface area contributed by atoms with E-state index in [1.807, 2.05) is 13.8 Å². The second-order valence-electron chi connectivity index (χ2n) is 6.72. The van der Waals surface area contributed by atoms with Crippen LogP contribution in [0, 0.1) is 12.8 Å². The molecule has 3 N–H and O–H groups in total. The third-order valence-corrected chi connectivity index (χ3v) is 4.99. The number of rotatable bonds is 5. The molecular weight excluding hydrogens is 296 g/mol. The van der Waals surface area contributed by atoms with Gasteiger partial charge in [-0.3, -0.25) is 4.79 Å². The van der Waals surface area contributed by atoms with Crippen molar-refractivity contribution in [2.45, 2.75) is 57.9 Å². The molecule has 0 heterocycles. The lowest BCUT2D eigenvalue weighted by Crippen LogP contribution is -2.44. The molecule has 0 aromatic heterocycles. The number of halogens is 1. The highest BCUT2D eigenvalue weighted by Gasteiger charge is 2.36. The normalized spacial score (nSPS) is 19.1. The summed E-state index contributed by atoms with van der Waals surface area (Å²) in [5, 5.41) is 3.15. The van der Waals surface area contributed by atoms with Crippen LogP contribution in [0.1, 0.15) is 50.7 Å². The Balaban J connectivity index is 0.00000242. The van der Waals surface area contributed by atoms with Gasteiger partial charge in [0, 0.05) is 23.9 Å². The first-order chi connectivity index (χ1) is 9.94. The molecule has 3 nitrogen and oxygen atoms in total. The number of nitrogens with two attached hydrogens (primary N) is 1.